The van der Waals surface area contributed by atoms with Crippen LogP contribution >= 0.6 is 11.6 Å². The van der Waals surface area contributed by atoms with Crippen molar-refractivity contribution in [2.45, 2.75) is 19.9 Å². The summed E-state index contributed by atoms with van der Waals surface area (Å²) < 4.78 is 2.12. The van der Waals surface area contributed by atoms with E-state index in [9.17, 15) is 4.79 Å². The number of carboxylic acid groups (broad SMARTS) is 1. The minimum Gasteiger partial charge on any atom is -0.477 e. The Morgan fingerprint density at radius 3 is 2.66 bits per heavy atom. The Labute approximate surface area is 172 Å². The third-order valence-corrected chi connectivity index (χ3v) is 4.75. The largest absolute Gasteiger partial charge is 0.477 e. The maximum atomic E-state index is 10.9. The first-order valence-corrected chi connectivity index (χ1v) is 9.52. The van der Waals surface area contributed by atoms with E-state index < -0.39 is 5.97 Å². The van der Waals surface area contributed by atoms with Crippen LogP contribution in [0.1, 0.15) is 23.8 Å². The first kappa shape index (κ1) is 18.9. The zero-order valence-corrected chi connectivity index (χ0v) is 16.4. The fourth-order valence-electron chi connectivity index (χ4n) is 3.15. The standard InChI is InChI=1S/C21H18ClN5O2/c1-2-10-27-19-15(22)4-3-5-16(19)26-20(27)13-6-9-18(24-11-13)25-14-7-8-17(21(28)29)23-12-14/h3-9,11-12H,2,10H2,1H3,(H,24,25)(H,28,29). The van der Waals surface area contributed by atoms with E-state index in [2.05, 4.69) is 26.8 Å². The SMILES string of the molecule is CCCn1c(-c2ccc(Nc3ccc(C(=O)O)nc3)nc2)nc2cccc(Cl)c21. The summed E-state index contributed by atoms with van der Waals surface area (Å²) in [6.45, 7) is 2.92. The van der Waals surface area contributed by atoms with Gasteiger partial charge in [-0.25, -0.2) is 19.7 Å². The van der Waals surface area contributed by atoms with E-state index in [-0.39, 0.29) is 5.69 Å². The van der Waals surface area contributed by atoms with Gasteiger partial charge in [0.1, 0.15) is 17.3 Å². The van der Waals surface area contributed by atoms with Crippen LogP contribution in [0.5, 0.6) is 0 Å². The average molecular weight is 408 g/mol. The van der Waals surface area contributed by atoms with Gasteiger partial charge in [-0.2, -0.15) is 0 Å². The summed E-state index contributed by atoms with van der Waals surface area (Å²) in [7, 11) is 0. The molecule has 3 heterocycles. The van der Waals surface area contributed by atoms with Crippen LogP contribution in [0.4, 0.5) is 11.5 Å². The third kappa shape index (κ3) is 3.77. The molecule has 0 unspecified atom stereocenters. The maximum Gasteiger partial charge on any atom is 0.354 e. The van der Waals surface area contributed by atoms with E-state index in [0.29, 0.717) is 16.5 Å². The quantitative estimate of drug-likeness (QED) is 0.467. The lowest BCUT2D eigenvalue weighted by Crippen LogP contribution is -2.02. The van der Waals surface area contributed by atoms with E-state index in [4.69, 9.17) is 21.7 Å². The first-order chi connectivity index (χ1) is 14.1. The molecular formula is C21H18ClN5O2. The number of nitrogens with one attached hydrogen (secondary N) is 1. The van der Waals surface area contributed by atoms with Crippen LogP contribution < -0.4 is 5.32 Å². The van der Waals surface area contributed by atoms with Crippen molar-refractivity contribution < 1.29 is 9.90 Å². The number of hydrogen-bond donors (Lipinski definition) is 2. The van der Waals surface area contributed by atoms with Crippen LogP contribution in [0.25, 0.3) is 22.4 Å². The Kier molecular flexibility index (Phi) is 5.14. The molecule has 2 N–H and O–H groups in total. The normalized spacial score (nSPS) is 11.0. The lowest BCUT2D eigenvalue weighted by molar-refractivity contribution is 0.0690. The Hall–Kier alpha value is -3.45. The number of benzene rings is 1. The third-order valence-electron chi connectivity index (χ3n) is 4.44. The molecule has 0 fully saturated rings. The van der Waals surface area contributed by atoms with Gasteiger partial charge in [-0.1, -0.05) is 24.6 Å². The number of aromatic nitrogens is 4. The van der Waals surface area contributed by atoms with E-state index in [1.54, 1.807) is 12.3 Å². The van der Waals surface area contributed by atoms with Crippen molar-refractivity contribution >= 4 is 40.1 Å². The van der Waals surface area contributed by atoms with Gasteiger partial charge in [0.2, 0.25) is 0 Å². The van der Waals surface area contributed by atoms with E-state index in [1.165, 1.54) is 12.3 Å². The van der Waals surface area contributed by atoms with E-state index >= 15 is 0 Å². The highest BCUT2D eigenvalue weighted by Crippen LogP contribution is 2.30. The Morgan fingerprint density at radius 2 is 2.00 bits per heavy atom. The number of anilines is 2. The summed E-state index contributed by atoms with van der Waals surface area (Å²) in [4.78, 5) is 24.0. The van der Waals surface area contributed by atoms with Crippen molar-refractivity contribution in [2.75, 3.05) is 5.32 Å². The smallest absolute Gasteiger partial charge is 0.354 e. The second kappa shape index (κ2) is 7.89. The van der Waals surface area contributed by atoms with E-state index in [1.807, 2.05) is 30.3 Å². The van der Waals surface area contributed by atoms with Crippen molar-refractivity contribution in [1.29, 1.82) is 0 Å². The van der Waals surface area contributed by atoms with Crippen molar-refractivity contribution in [3.8, 4) is 11.4 Å². The van der Waals surface area contributed by atoms with Crippen LogP contribution in [-0.2, 0) is 6.54 Å². The molecule has 0 radical (unpaired) electrons. The number of aromatic carboxylic acids is 1. The molecule has 1 aromatic carbocycles. The van der Waals surface area contributed by atoms with Crippen LogP contribution in [0.2, 0.25) is 5.02 Å². The molecule has 0 amide bonds. The summed E-state index contributed by atoms with van der Waals surface area (Å²) in [6, 6.07) is 12.6. The number of fused-ring (bicyclic) bond motifs is 1. The molecule has 29 heavy (non-hydrogen) atoms. The Bertz CT molecular complexity index is 1170. The first-order valence-electron chi connectivity index (χ1n) is 9.14. The summed E-state index contributed by atoms with van der Waals surface area (Å²) in [5, 5.41) is 12.7. The maximum absolute atomic E-state index is 10.9. The van der Waals surface area contributed by atoms with Gasteiger partial charge in [-0.15, -0.1) is 0 Å². The molecule has 4 aromatic rings. The van der Waals surface area contributed by atoms with Crippen LogP contribution in [0, 0.1) is 0 Å². The number of pyridine rings is 2. The molecule has 0 aliphatic rings. The monoisotopic (exact) mass is 407 g/mol. The molecule has 3 aromatic heterocycles. The average Bonchev–Trinajstić information content (AvgIpc) is 3.09. The number of halogens is 1. The Balaban J connectivity index is 1.63. The van der Waals surface area contributed by atoms with Crippen LogP contribution in [0.15, 0.2) is 54.9 Å². The van der Waals surface area contributed by atoms with Crippen LogP contribution in [0.3, 0.4) is 0 Å². The summed E-state index contributed by atoms with van der Waals surface area (Å²) in [5.74, 6) is 0.380. The van der Waals surface area contributed by atoms with Gasteiger partial charge in [0.05, 0.1) is 27.9 Å². The number of nitrogens with zero attached hydrogens (tertiary/aromatic N) is 4. The van der Waals surface area contributed by atoms with Crippen molar-refractivity contribution in [1.82, 2.24) is 19.5 Å². The van der Waals surface area contributed by atoms with Crippen LogP contribution in [-0.4, -0.2) is 30.6 Å². The highest BCUT2D eigenvalue weighted by atomic mass is 35.5. The highest BCUT2D eigenvalue weighted by molar-refractivity contribution is 6.35. The van der Waals surface area contributed by atoms with Gasteiger partial charge in [0, 0.05) is 18.3 Å². The number of imidazole rings is 1. The lowest BCUT2D eigenvalue weighted by Gasteiger charge is -2.10. The van der Waals surface area contributed by atoms with Gasteiger partial charge in [-0.05, 0) is 42.8 Å². The van der Waals surface area contributed by atoms with Gasteiger partial charge in [0.15, 0.2) is 0 Å². The minimum atomic E-state index is -1.06. The zero-order valence-electron chi connectivity index (χ0n) is 15.6. The van der Waals surface area contributed by atoms with Gasteiger partial charge < -0.3 is 15.0 Å². The molecule has 8 heteroatoms. The second-order valence-corrected chi connectivity index (χ2v) is 6.90. The molecular weight excluding hydrogens is 390 g/mol. The number of carbonyl (C=O) groups is 1. The molecule has 0 aliphatic carbocycles. The number of para-hydroxylation sites is 1. The summed E-state index contributed by atoms with van der Waals surface area (Å²) >= 11 is 6.42. The zero-order chi connectivity index (χ0) is 20.4. The predicted molar refractivity (Wildman–Crippen MR) is 113 cm³/mol. The topological polar surface area (TPSA) is 92.9 Å². The fourth-order valence-corrected chi connectivity index (χ4v) is 3.42. The molecule has 146 valence electrons. The molecule has 0 atom stereocenters. The predicted octanol–water partition coefficient (Wildman–Crippen LogP) is 5.00. The number of carboxylic acids is 1. The molecule has 0 spiro atoms. The number of rotatable bonds is 6. The van der Waals surface area contributed by atoms with Crippen molar-refractivity contribution in [2.24, 2.45) is 0 Å². The minimum absolute atomic E-state index is 0.00709. The van der Waals surface area contributed by atoms with Gasteiger partial charge >= 0.3 is 5.97 Å². The van der Waals surface area contributed by atoms with Gasteiger partial charge in [0.25, 0.3) is 0 Å². The molecule has 4 rings (SSSR count). The molecule has 0 saturated carbocycles. The summed E-state index contributed by atoms with van der Waals surface area (Å²) in [5.41, 5.74) is 3.31. The molecule has 0 saturated heterocycles. The molecule has 0 bridgehead atoms. The van der Waals surface area contributed by atoms with Crippen molar-refractivity contribution in [3.05, 3.63) is 65.6 Å². The lowest BCUT2D eigenvalue weighted by atomic mass is 10.2. The molecule has 0 aliphatic heterocycles. The van der Waals surface area contributed by atoms with Gasteiger partial charge in [-0.3, -0.25) is 0 Å². The second-order valence-electron chi connectivity index (χ2n) is 6.49. The van der Waals surface area contributed by atoms with Crippen molar-refractivity contribution in [3.63, 3.8) is 0 Å². The summed E-state index contributed by atoms with van der Waals surface area (Å²) in [6.07, 6.45) is 4.17. The highest BCUT2D eigenvalue weighted by Gasteiger charge is 2.15. The number of aryl methyl sites for hydroxylation is 1. The Morgan fingerprint density at radius 1 is 1.14 bits per heavy atom. The van der Waals surface area contributed by atoms with E-state index in [0.717, 1.165) is 35.4 Å². The number of hydrogen-bond acceptors (Lipinski definition) is 5. The molecule has 7 nitrogen and oxygen atoms in total. The fraction of sp³-hybridized carbons (Fsp3) is 0.143.